The van der Waals surface area contributed by atoms with E-state index in [2.05, 4.69) is 24.3 Å². The molecule has 98 valence electrons. The summed E-state index contributed by atoms with van der Waals surface area (Å²) in [6.07, 6.45) is 5.65. The molecule has 2 aromatic rings. The van der Waals surface area contributed by atoms with Crippen LogP contribution in [0.25, 0.3) is 0 Å². The molecule has 0 saturated carbocycles. The first-order chi connectivity index (χ1) is 8.72. The molecule has 4 nitrogen and oxygen atoms in total. The third-order valence-corrected chi connectivity index (χ3v) is 3.27. The van der Waals surface area contributed by atoms with Crippen molar-refractivity contribution in [2.24, 2.45) is 7.05 Å². The fraction of sp³-hybridized carbons (Fsp3) is 0.500. The average molecular weight is 247 g/mol. The zero-order chi connectivity index (χ0) is 13.0. The first kappa shape index (κ1) is 12.9. The van der Waals surface area contributed by atoms with Gasteiger partial charge in [-0.15, -0.1) is 0 Å². The summed E-state index contributed by atoms with van der Waals surface area (Å²) >= 11 is 0. The molecule has 0 radical (unpaired) electrons. The third kappa shape index (κ3) is 2.82. The van der Waals surface area contributed by atoms with E-state index >= 15 is 0 Å². The van der Waals surface area contributed by atoms with Crippen LogP contribution in [0.3, 0.4) is 0 Å². The molecule has 0 bridgehead atoms. The molecule has 0 aliphatic heterocycles. The SMILES string of the molecule is CCCNC(Cc1ccco1)c1cnn(C)c1C. The molecule has 0 spiro atoms. The van der Waals surface area contributed by atoms with Crippen molar-refractivity contribution in [2.75, 3.05) is 6.54 Å². The second-order valence-corrected chi connectivity index (χ2v) is 4.60. The Hall–Kier alpha value is -1.55. The minimum absolute atomic E-state index is 0.268. The molecule has 4 heteroatoms. The molecule has 1 atom stereocenters. The zero-order valence-electron chi connectivity index (χ0n) is 11.3. The van der Waals surface area contributed by atoms with E-state index in [1.807, 2.05) is 30.1 Å². The number of hydrogen-bond donors (Lipinski definition) is 1. The van der Waals surface area contributed by atoms with E-state index < -0.39 is 0 Å². The summed E-state index contributed by atoms with van der Waals surface area (Å²) in [5.74, 6) is 1.01. The fourth-order valence-electron chi connectivity index (χ4n) is 2.10. The first-order valence-electron chi connectivity index (χ1n) is 6.46. The largest absolute Gasteiger partial charge is 0.469 e. The molecular weight excluding hydrogens is 226 g/mol. The summed E-state index contributed by atoms with van der Waals surface area (Å²) in [7, 11) is 1.97. The number of hydrogen-bond acceptors (Lipinski definition) is 3. The molecule has 0 aromatic carbocycles. The number of rotatable bonds is 6. The number of furan rings is 1. The van der Waals surface area contributed by atoms with Crippen molar-refractivity contribution >= 4 is 0 Å². The van der Waals surface area contributed by atoms with Crippen LogP contribution in [-0.4, -0.2) is 16.3 Å². The summed E-state index contributed by atoms with van der Waals surface area (Å²) in [6.45, 7) is 5.28. The lowest BCUT2D eigenvalue weighted by molar-refractivity contribution is 0.448. The molecular formula is C14H21N3O. The summed E-state index contributed by atoms with van der Waals surface area (Å²) < 4.78 is 7.36. The Bertz CT molecular complexity index is 473. The standard InChI is InChI=1S/C14H21N3O/c1-4-7-15-14(9-12-6-5-8-18-12)13-10-16-17(3)11(13)2/h5-6,8,10,14-15H,4,7,9H2,1-3H3. The minimum atomic E-state index is 0.268. The molecule has 0 fully saturated rings. The first-order valence-corrected chi connectivity index (χ1v) is 6.46. The second-order valence-electron chi connectivity index (χ2n) is 4.60. The monoisotopic (exact) mass is 247 g/mol. The van der Waals surface area contributed by atoms with E-state index in [9.17, 15) is 0 Å². The van der Waals surface area contributed by atoms with Crippen LogP contribution in [0, 0.1) is 6.92 Å². The molecule has 0 aliphatic rings. The van der Waals surface area contributed by atoms with Gasteiger partial charge in [0.25, 0.3) is 0 Å². The van der Waals surface area contributed by atoms with Crippen molar-refractivity contribution in [1.29, 1.82) is 0 Å². The van der Waals surface area contributed by atoms with Crippen molar-refractivity contribution in [2.45, 2.75) is 32.7 Å². The van der Waals surface area contributed by atoms with Crippen molar-refractivity contribution in [3.63, 3.8) is 0 Å². The van der Waals surface area contributed by atoms with Crippen molar-refractivity contribution in [1.82, 2.24) is 15.1 Å². The lowest BCUT2D eigenvalue weighted by Crippen LogP contribution is -2.24. The normalized spacial score (nSPS) is 12.8. The van der Waals surface area contributed by atoms with Gasteiger partial charge in [-0.3, -0.25) is 4.68 Å². The number of aromatic nitrogens is 2. The average Bonchev–Trinajstić information content (AvgIpc) is 2.97. The quantitative estimate of drug-likeness (QED) is 0.853. The van der Waals surface area contributed by atoms with Crippen LogP contribution in [0.15, 0.2) is 29.0 Å². The Balaban J connectivity index is 2.16. The summed E-state index contributed by atoms with van der Waals surface area (Å²) in [4.78, 5) is 0. The summed E-state index contributed by atoms with van der Waals surface area (Å²) in [5.41, 5.74) is 2.46. The van der Waals surface area contributed by atoms with Gasteiger partial charge in [0, 0.05) is 30.8 Å². The maximum atomic E-state index is 5.44. The maximum absolute atomic E-state index is 5.44. The van der Waals surface area contributed by atoms with Crippen LogP contribution in [0.4, 0.5) is 0 Å². The van der Waals surface area contributed by atoms with Gasteiger partial charge in [-0.2, -0.15) is 5.10 Å². The van der Waals surface area contributed by atoms with Crippen LogP contribution in [0.2, 0.25) is 0 Å². The van der Waals surface area contributed by atoms with E-state index in [-0.39, 0.29) is 6.04 Å². The highest BCUT2D eigenvalue weighted by atomic mass is 16.3. The Morgan fingerprint density at radius 2 is 2.33 bits per heavy atom. The number of aryl methyl sites for hydroxylation is 1. The van der Waals surface area contributed by atoms with E-state index in [1.54, 1.807) is 6.26 Å². The molecule has 0 amide bonds. The van der Waals surface area contributed by atoms with Crippen LogP contribution in [-0.2, 0) is 13.5 Å². The van der Waals surface area contributed by atoms with Gasteiger partial charge in [-0.05, 0) is 32.0 Å². The maximum Gasteiger partial charge on any atom is 0.105 e. The summed E-state index contributed by atoms with van der Waals surface area (Å²) in [5, 5.41) is 7.89. The van der Waals surface area contributed by atoms with E-state index in [4.69, 9.17) is 4.42 Å². The molecule has 2 heterocycles. The molecule has 0 aliphatic carbocycles. The number of nitrogens with one attached hydrogen (secondary N) is 1. The Kier molecular flexibility index (Phi) is 4.20. The minimum Gasteiger partial charge on any atom is -0.469 e. The topological polar surface area (TPSA) is 43.0 Å². The van der Waals surface area contributed by atoms with Crippen LogP contribution < -0.4 is 5.32 Å². The zero-order valence-corrected chi connectivity index (χ0v) is 11.3. The van der Waals surface area contributed by atoms with Gasteiger partial charge in [0.2, 0.25) is 0 Å². The molecule has 1 unspecified atom stereocenters. The molecule has 2 aromatic heterocycles. The highest BCUT2D eigenvalue weighted by Gasteiger charge is 2.17. The molecule has 2 rings (SSSR count). The van der Waals surface area contributed by atoms with Gasteiger partial charge >= 0.3 is 0 Å². The van der Waals surface area contributed by atoms with Gasteiger partial charge in [0.05, 0.1) is 12.5 Å². The van der Waals surface area contributed by atoms with Crippen molar-refractivity contribution in [3.8, 4) is 0 Å². The van der Waals surface area contributed by atoms with E-state index in [0.717, 1.165) is 25.1 Å². The lowest BCUT2D eigenvalue weighted by atomic mass is 10.0. The Morgan fingerprint density at radius 3 is 2.89 bits per heavy atom. The number of nitrogens with zero attached hydrogens (tertiary/aromatic N) is 2. The fourth-order valence-corrected chi connectivity index (χ4v) is 2.10. The summed E-state index contributed by atoms with van der Waals surface area (Å²) in [6, 6.07) is 4.22. The highest BCUT2D eigenvalue weighted by Crippen LogP contribution is 2.21. The highest BCUT2D eigenvalue weighted by molar-refractivity contribution is 5.22. The van der Waals surface area contributed by atoms with Gasteiger partial charge in [-0.25, -0.2) is 0 Å². The van der Waals surface area contributed by atoms with Crippen molar-refractivity contribution in [3.05, 3.63) is 41.6 Å². The molecule has 1 N–H and O–H groups in total. The second kappa shape index (κ2) is 5.87. The van der Waals surface area contributed by atoms with Gasteiger partial charge in [0.15, 0.2) is 0 Å². The van der Waals surface area contributed by atoms with Crippen LogP contribution >= 0.6 is 0 Å². The lowest BCUT2D eigenvalue weighted by Gasteiger charge is -2.17. The smallest absolute Gasteiger partial charge is 0.105 e. The molecule has 18 heavy (non-hydrogen) atoms. The predicted molar refractivity (Wildman–Crippen MR) is 71.4 cm³/mol. The van der Waals surface area contributed by atoms with Gasteiger partial charge in [0.1, 0.15) is 5.76 Å². The third-order valence-electron chi connectivity index (χ3n) is 3.27. The Morgan fingerprint density at radius 1 is 1.50 bits per heavy atom. The van der Waals surface area contributed by atoms with Crippen LogP contribution in [0.5, 0.6) is 0 Å². The van der Waals surface area contributed by atoms with E-state index in [0.29, 0.717) is 0 Å². The van der Waals surface area contributed by atoms with Crippen molar-refractivity contribution < 1.29 is 4.42 Å². The van der Waals surface area contributed by atoms with Gasteiger partial charge in [-0.1, -0.05) is 6.92 Å². The predicted octanol–water partition coefficient (Wildman–Crippen LogP) is 2.60. The van der Waals surface area contributed by atoms with E-state index in [1.165, 1.54) is 11.3 Å². The Labute approximate surface area is 108 Å². The molecule has 0 saturated heterocycles. The van der Waals surface area contributed by atoms with Gasteiger partial charge < -0.3 is 9.73 Å². The van der Waals surface area contributed by atoms with Crippen LogP contribution in [0.1, 0.15) is 36.4 Å².